The van der Waals surface area contributed by atoms with E-state index in [2.05, 4.69) is 65.8 Å². The molecule has 1 aliphatic heterocycles. The van der Waals surface area contributed by atoms with Crippen LogP contribution in [0.25, 0.3) is 16.9 Å². The minimum atomic E-state index is 0.765. The monoisotopic (exact) mass is 408 g/mol. The Hall–Kier alpha value is -2.07. The number of aromatic nitrogens is 1. The summed E-state index contributed by atoms with van der Waals surface area (Å²) in [5, 5.41) is 0.765. The summed E-state index contributed by atoms with van der Waals surface area (Å²) < 4.78 is 7.90. The molecular formula is C25H29ClN2O. The van der Waals surface area contributed by atoms with Gasteiger partial charge in [-0.3, -0.25) is 4.90 Å². The number of hydrogen-bond donors (Lipinski definition) is 0. The molecule has 0 unspecified atom stereocenters. The van der Waals surface area contributed by atoms with Crippen molar-refractivity contribution in [3.63, 3.8) is 0 Å². The Morgan fingerprint density at radius 3 is 2.31 bits per heavy atom. The number of hydrogen-bond acceptors (Lipinski definition) is 2. The molecule has 29 heavy (non-hydrogen) atoms. The van der Waals surface area contributed by atoms with Crippen molar-refractivity contribution in [1.29, 1.82) is 0 Å². The third-order valence-corrected chi connectivity index (χ3v) is 5.97. The van der Waals surface area contributed by atoms with Gasteiger partial charge in [-0.15, -0.1) is 0 Å². The summed E-state index contributed by atoms with van der Waals surface area (Å²) in [5.41, 5.74) is 7.66. The number of ether oxygens (including phenoxy) is 1. The van der Waals surface area contributed by atoms with E-state index in [1.165, 1.54) is 40.2 Å². The molecule has 4 heteroatoms. The second-order valence-corrected chi connectivity index (χ2v) is 8.22. The Morgan fingerprint density at radius 2 is 1.66 bits per heavy atom. The van der Waals surface area contributed by atoms with Gasteiger partial charge in [-0.2, -0.15) is 0 Å². The van der Waals surface area contributed by atoms with Gasteiger partial charge in [0.05, 0.1) is 18.9 Å². The highest BCUT2D eigenvalue weighted by molar-refractivity contribution is 6.30. The summed E-state index contributed by atoms with van der Waals surface area (Å²) in [4.78, 5) is 2.48. The summed E-state index contributed by atoms with van der Waals surface area (Å²) in [6, 6.07) is 19.5. The molecule has 152 valence electrons. The number of rotatable bonds is 6. The summed E-state index contributed by atoms with van der Waals surface area (Å²) in [6.07, 6.45) is 2.29. The van der Waals surface area contributed by atoms with Crippen LogP contribution in [0, 0.1) is 6.92 Å². The van der Waals surface area contributed by atoms with Crippen molar-refractivity contribution in [2.75, 3.05) is 26.3 Å². The predicted molar refractivity (Wildman–Crippen MR) is 121 cm³/mol. The molecule has 0 atom stereocenters. The van der Waals surface area contributed by atoms with E-state index in [0.717, 1.165) is 44.3 Å². The maximum Gasteiger partial charge on any atom is 0.0594 e. The molecule has 1 saturated heterocycles. The van der Waals surface area contributed by atoms with Crippen LogP contribution >= 0.6 is 11.6 Å². The molecule has 0 N–H and O–H groups in total. The standard InChI is InChI=1S/C25H29ClN2O/c1-3-4-20-5-11-24(12-6-20)28-19(2)22(18-27-13-15-29-16-14-27)17-25(28)21-7-9-23(26)10-8-21/h5-12,17H,3-4,13-16,18H2,1-2H3. The minimum absolute atomic E-state index is 0.765. The Balaban J connectivity index is 1.75. The number of aryl methyl sites for hydroxylation is 1. The minimum Gasteiger partial charge on any atom is -0.379 e. The molecule has 2 heterocycles. The summed E-state index contributed by atoms with van der Waals surface area (Å²) in [5.74, 6) is 0. The topological polar surface area (TPSA) is 17.4 Å². The first-order valence-corrected chi connectivity index (χ1v) is 10.9. The number of nitrogens with zero attached hydrogens (tertiary/aromatic N) is 2. The van der Waals surface area contributed by atoms with E-state index in [4.69, 9.17) is 16.3 Å². The van der Waals surface area contributed by atoms with Crippen LogP contribution in [0.3, 0.4) is 0 Å². The second-order valence-electron chi connectivity index (χ2n) is 7.79. The average molecular weight is 409 g/mol. The largest absolute Gasteiger partial charge is 0.379 e. The van der Waals surface area contributed by atoms with Gasteiger partial charge in [0.1, 0.15) is 0 Å². The molecule has 4 rings (SSSR count). The Kier molecular flexibility index (Phi) is 6.39. The average Bonchev–Trinajstić information content (AvgIpc) is 3.06. The van der Waals surface area contributed by atoms with Crippen LogP contribution in [-0.2, 0) is 17.7 Å². The zero-order valence-corrected chi connectivity index (χ0v) is 18.1. The third kappa shape index (κ3) is 4.58. The van der Waals surface area contributed by atoms with Crippen molar-refractivity contribution in [2.24, 2.45) is 0 Å². The number of benzene rings is 2. The molecule has 3 aromatic rings. The molecule has 1 fully saturated rings. The zero-order chi connectivity index (χ0) is 20.2. The van der Waals surface area contributed by atoms with E-state index < -0.39 is 0 Å². The molecule has 0 bridgehead atoms. The molecule has 1 aliphatic rings. The lowest BCUT2D eigenvalue weighted by Gasteiger charge is -2.26. The van der Waals surface area contributed by atoms with E-state index in [9.17, 15) is 0 Å². The van der Waals surface area contributed by atoms with Gasteiger partial charge < -0.3 is 9.30 Å². The zero-order valence-electron chi connectivity index (χ0n) is 17.3. The lowest BCUT2D eigenvalue weighted by Crippen LogP contribution is -2.35. The predicted octanol–water partition coefficient (Wildman–Crippen LogP) is 5.89. The lowest BCUT2D eigenvalue weighted by atomic mass is 10.1. The van der Waals surface area contributed by atoms with Crippen molar-refractivity contribution >= 4 is 11.6 Å². The van der Waals surface area contributed by atoms with E-state index in [-0.39, 0.29) is 0 Å². The van der Waals surface area contributed by atoms with E-state index >= 15 is 0 Å². The first kappa shape index (κ1) is 20.2. The fourth-order valence-electron chi connectivity index (χ4n) is 4.08. The van der Waals surface area contributed by atoms with Gasteiger partial charge >= 0.3 is 0 Å². The number of morpholine rings is 1. The summed E-state index contributed by atoms with van der Waals surface area (Å²) >= 11 is 6.14. The van der Waals surface area contributed by atoms with Crippen molar-refractivity contribution in [3.8, 4) is 16.9 Å². The maximum absolute atomic E-state index is 6.14. The summed E-state index contributed by atoms with van der Waals surface area (Å²) in [6.45, 7) is 9.04. The SMILES string of the molecule is CCCc1ccc(-n2c(-c3ccc(Cl)cc3)cc(CN3CCOCC3)c2C)cc1. The van der Waals surface area contributed by atoms with Gasteiger partial charge in [-0.25, -0.2) is 0 Å². The smallest absolute Gasteiger partial charge is 0.0594 e. The second kappa shape index (κ2) is 9.17. The summed E-state index contributed by atoms with van der Waals surface area (Å²) in [7, 11) is 0. The highest BCUT2D eigenvalue weighted by Gasteiger charge is 2.18. The van der Waals surface area contributed by atoms with Crippen LogP contribution in [0.4, 0.5) is 0 Å². The van der Waals surface area contributed by atoms with Crippen molar-refractivity contribution in [3.05, 3.63) is 76.4 Å². The van der Waals surface area contributed by atoms with E-state index in [1.54, 1.807) is 0 Å². The molecule has 2 aromatic carbocycles. The van der Waals surface area contributed by atoms with Crippen LogP contribution < -0.4 is 0 Å². The van der Waals surface area contributed by atoms with Crippen molar-refractivity contribution < 1.29 is 4.74 Å². The lowest BCUT2D eigenvalue weighted by molar-refractivity contribution is 0.0341. The number of halogens is 1. The van der Waals surface area contributed by atoms with Crippen LogP contribution in [0.5, 0.6) is 0 Å². The van der Waals surface area contributed by atoms with Crippen LogP contribution in [0.2, 0.25) is 5.02 Å². The van der Waals surface area contributed by atoms with Crippen molar-refractivity contribution in [2.45, 2.75) is 33.2 Å². The molecule has 1 aromatic heterocycles. The van der Waals surface area contributed by atoms with Crippen LogP contribution in [-0.4, -0.2) is 35.8 Å². The first-order valence-electron chi connectivity index (χ1n) is 10.5. The highest BCUT2D eigenvalue weighted by Crippen LogP contribution is 2.31. The fourth-order valence-corrected chi connectivity index (χ4v) is 4.21. The molecule has 3 nitrogen and oxygen atoms in total. The maximum atomic E-state index is 6.14. The molecule has 0 aliphatic carbocycles. The van der Waals surface area contributed by atoms with Gasteiger partial charge in [-0.05, 0) is 60.4 Å². The van der Waals surface area contributed by atoms with Gasteiger partial charge in [-0.1, -0.05) is 49.2 Å². The Labute approximate surface area is 178 Å². The molecule has 0 saturated carbocycles. The third-order valence-electron chi connectivity index (χ3n) is 5.72. The normalized spacial score (nSPS) is 15.0. The highest BCUT2D eigenvalue weighted by atomic mass is 35.5. The van der Waals surface area contributed by atoms with Gasteiger partial charge in [0.25, 0.3) is 0 Å². The van der Waals surface area contributed by atoms with Crippen molar-refractivity contribution in [1.82, 2.24) is 9.47 Å². The van der Waals surface area contributed by atoms with Gasteiger partial charge in [0.15, 0.2) is 0 Å². The molecule has 0 radical (unpaired) electrons. The van der Waals surface area contributed by atoms with E-state index in [0.29, 0.717) is 0 Å². The van der Waals surface area contributed by atoms with Crippen LogP contribution in [0.1, 0.15) is 30.2 Å². The quantitative estimate of drug-likeness (QED) is 0.505. The molecule has 0 spiro atoms. The first-order chi connectivity index (χ1) is 14.2. The Bertz CT molecular complexity index is 938. The van der Waals surface area contributed by atoms with Crippen LogP contribution in [0.15, 0.2) is 54.6 Å². The van der Waals surface area contributed by atoms with E-state index in [1.807, 2.05) is 12.1 Å². The Morgan fingerprint density at radius 1 is 0.966 bits per heavy atom. The van der Waals surface area contributed by atoms with Gasteiger partial charge in [0.2, 0.25) is 0 Å². The molecule has 0 amide bonds. The van der Waals surface area contributed by atoms with Gasteiger partial charge in [0, 0.05) is 36.0 Å². The fraction of sp³-hybridized carbons (Fsp3) is 0.360. The molecular weight excluding hydrogens is 380 g/mol.